The topological polar surface area (TPSA) is 17.1 Å². The summed E-state index contributed by atoms with van der Waals surface area (Å²) in [5, 5.41) is 0. The molecular weight excluding hydrogens is 223 g/mol. The van der Waals surface area contributed by atoms with Crippen molar-refractivity contribution < 1.29 is 9.18 Å². The number of aryl methyl sites for hydroxylation is 1. The standard InChI is InChI=1S/C13H11FOS/c1-8-3-4-10(11(14)7-8)13-6-5-12(16-13)9(2)15/h3-7H,1-2H3. The molecule has 0 aliphatic carbocycles. The maximum Gasteiger partial charge on any atom is 0.169 e. The van der Waals surface area contributed by atoms with Gasteiger partial charge in [0.1, 0.15) is 5.82 Å². The van der Waals surface area contributed by atoms with E-state index in [1.165, 1.54) is 24.3 Å². The van der Waals surface area contributed by atoms with Crippen LogP contribution in [0.4, 0.5) is 4.39 Å². The largest absolute Gasteiger partial charge is 0.294 e. The van der Waals surface area contributed by atoms with Gasteiger partial charge in [0.05, 0.1) is 4.88 Å². The van der Waals surface area contributed by atoms with Crippen molar-refractivity contribution in [1.82, 2.24) is 0 Å². The first kappa shape index (κ1) is 11.0. The molecule has 0 aliphatic rings. The molecule has 1 aromatic heterocycles. The number of Topliss-reactive ketones (excluding diaryl/α,β-unsaturated/α-hetero) is 1. The Labute approximate surface area is 97.6 Å². The molecule has 2 aromatic rings. The molecule has 0 saturated carbocycles. The molecule has 16 heavy (non-hydrogen) atoms. The minimum atomic E-state index is -0.239. The van der Waals surface area contributed by atoms with Crippen molar-refractivity contribution in [3.05, 3.63) is 46.6 Å². The monoisotopic (exact) mass is 234 g/mol. The predicted octanol–water partition coefficient (Wildman–Crippen LogP) is 4.07. The summed E-state index contributed by atoms with van der Waals surface area (Å²) in [6.07, 6.45) is 0. The van der Waals surface area contributed by atoms with E-state index in [4.69, 9.17) is 0 Å². The van der Waals surface area contributed by atoms with Gasteiger partial charge in [-0.25, -0.2) is 4.39 Å². The lowest BCUT2D eigenvalue weighted by molar-refractivity contribution is 0.102. The molecule has 0 aliphatic heterocycles. The van der Waals surface area contributed by atoms with Crippen molar-refractivity contribution in [2.45, 2.75) is 13.8 Å². The Bertz CT molecular complexity index is 543. The highest BCUT2D eigenvalue weighted by atomic mass is 32.1. The Morgan fingerprint density at radius 3 is 2.56 bits per heavy atom. The molecule has 0 bridgehead atoms. The van der Waals surface area contributed by atoms with Crippen LogP contribution >= 0.6 is 11.3 Å². The normalized spacial score (nSPS) is 10.4. The first-order valence-electron chi connectivity index (χ1n) is 4.95. The van der Waals surface area contributed by atoms with Crippen LogP contribution in [-0.4, -0.2) is 5.78 Å². The molecule has 0 fully saturated rings. The van der Waals surface area contributed by atoms with Crippen LogP contribution in [0.15, 0.2) is 30.3 Å². The number of hydrogen-bond donors (Lipinski definition) is 0. The number of ketones is 1. The number of carbonyl (C=O) groups is 1. The van der Waals surface area contributed by atoms with Crippen molar-refractivity contribution in [1.29, 1.82) is 0 Å². The fourth-order valence-electron chi connectivity index (χ4n) is 1.49. The summed E-state index contributed by atoms with van der Waals surface area (Å²) >= 11 is 1.32. The fraction of sp³-hybridized carbons (Fsp3) is 0.154. The van der Waals surface area contributed by atoms with Crippen LogP contribution in [0.3, 0.4) is 0 Å². The van der Waals surface area contributed by atoms with Crippen molar-refractivity contribution in [3.8, 4) is 10.4 Å². The number of hydrogen-bond acceptors (Lipinski definition) is 2. The molecule has 0 spiro atoms. The second-order valence-corrected chi connectivity index (χ2v) is 4.79. The molecule has 1 aromatic carbocycles. The van der Waals surface area contributed by atoms with Crippen LogP contribution in [0, 0.1) is 12.7 Å². The average Bonchev–Trinajstić information content (AvgIpc) is 2.66. The van der Waals surface area contributed by atoms with Crippen LogP contribution in [0.25, 0.3) is 10.4 Å². The van der Waals surface area contributed by atoms with Crippen LogP contribution in [0.1, 0.15) is 22.2 Å². The maximum atomic E-state index is 13.7. The van der Waals surface area contributed by atoms with E-state index in [2.05, 4.69) is 0 Å². The van der Waals surface area contributed by atoms with E-state index in [9.17, 15) is 9.18 Å². The summed E-state index contributed by atoms with van der Waals surface area (Å²) in [5.74, 6) is -0.222. The van der Waals surface area contributed by atoms with Crippen molar-refractivity contribution in [2.24, 2.45) is 0 Å². The highest BCUT2D eigenvalue weighted by molar-refractivity contribution is 7.17. The molecule has 0 unspecified atom stereocenters. The van der Waals surface area contributed by atoms with Crippen LogP contribution in [0.5, 0.6) is 0 Å². The van der Waals surface area contributed by atoms with Gasteiger partial charge in [-0.3, -0.25) is 4.79 Å². The predicted molar refractivity (Wildman–Crippen MR) is 64.5 cm³/mol. The SMILES string of the molecule is CC(=O)c1ccc(-c2ccc(C)cc2F)s1. The molecule has 0 radical (unpaired) electrons. The number of halogens is 1. The van der Waals surface area contributed by atoms with Crippen LogP contribution in [0.2, 0.25) is 0 Å². The van der Waals surface area contributed by atoms with Gasteiger partial charge in [-0.2, -0.15) is 0 Å². The Kier molecular flexibility index (Phi) is 2.88. The Hall–Kier alpha value is -1.48. The highest BCUT2D eigenvalue weighted by Gasteiger charge is 2.09. The zero-order chi connectivity index (χ0) is 11.7. The van der Waals surface area contributed by atoms with E-state index in [0.717, 1.165) is 10.4 Å². The van der Waals surface area contributed by atoms with Crippen molar-refractivity contribution >= 4 is 17.1 Å². The van der Waals surface area contributed by atoms with Gasteiger partial charge in [0.2, 0.25) is 0 Å². The Morgan fingerprint density at radius 1 is 1.25 bits per heavy atom. The van der Waals surface area contributed by atoms with E-state index < -0.39 is 0 Å². The van der Waals surface area contributed by atoms with Crippen LogP contribution in [-0.2, 0) is 0 Å². The Morgan fingerprint density at radius 2 is 2.00 bits per heavy atom. The molecule has 1 nitrogen and oxygen atoms in total. The second-order valence-electron chi connectivity index (χ2n) is 3.70. The number of rotatable bonds is 2. The zero-order valence-electron chi connectivity index (χ0n) is 9.08. The van der Waals surface area contributed by atoms with E-state index in [1.54, 1.807) is 18.2 Å². The lowest BCUT2D eigenvalue weighted by atomic mass is 10.1. The van der Waals surface area contributed by atoms with Gasteiger partial charge in [-0.15, -0.1) is 11.3 Å². The van der Waals surface area contributed by atoms with E-state index in [0.29, 0.717) is 10.4 Å². The highest BCUT2D eigenvalue weighted by Crippen LogP contribution is 2.30. The smallest absolute Gasteiger partial charge is 0.169 e. The minimum absolute atomic E-state index is 0.0174. The van der Waals surface area contributed by atoms with Gasteiger partial charge < -0.3 is 0 Å². The van der Waals surface area contributed by atoms with Gasteiger partial charge in [0.25, 0.3) is 0 Å². The van der Waals surface area contributed by atoms with Gasteiger partial charge in [-0.1, -0.05) is 12.1 Å². The maximum absolute atomic E-state index is 13.7. The number of carbonyl (C=O) groups excluding carboxylic acids is 1. The minimum Gasteiger partial charge on any atom is -0.294 e. The third kappa shape index (κ3) is 2.04. The first-order chi connectivity index (χ1) is 7.58. The summed E-state index contributed by atoms with van der Waals surface area (Å²) in [4.78, 5) is 12.6. The van der Waals surface area contributed by atoms with Crippen molar-refractivity contribution in [2.75, 3.05) is 0 Å². The van der Waals surface area contributed by atoms with Gasteiger partial charge in [-0.05, 0) is 37.6 Å². The second kappa shape index (κ2) is 4.18. The van der Waals surface area contributed by atoms with Gasteiger partial charge >= 0.3 is 0 Å². The Balaban J connectivity index is 2.46. The summed E-state index contributed by atoms with van der Waals surface area (Å²) in [7, 11) is 0. The van der Waals surface area contributed by atoms with E-state index in [-0.39, 0.29) is 11.6 Å². The fourth-order valence-corrected chi connectivity index (χ4v) is 2.42. The zero-order valence-corrected chi connectivity index (χ0v) is 9.90. The van der Waals surface area contributed by atoms with Crippen molar-refractivity contribution in [3.63, 3.8) is 0 Å². The average molecular weight is 234 g/mol. The third-order valence-corrected chi connectivity index (χ3v) is 3.56. The van der Waals surface area contributed by atoms with Gasteiger partial charge in [0.15, 0.2) is 5.78 Å². The summed E-state index contributed by atoms with van der Waals surface area (Å²) in [6.45, 7) is 3.36. The van der Waals surface area contributed by atoms with E-state index in [1.807, 2.05) is 13.0 Å². The third-order valence-electron chi connectivity index (χ3n) is 2.34. The molecule has 1 heterocycles. The molecule has 0 saturated heterocycles. The summed E-state index contributed by atoms with van der Waals surface area (Å²) < 4.78 is 13.7. The molecule has 0 amide bonds. The lowest BCUT2D eigenvalue weighted by Crippen LogP contribution is -1.84. The molecule has 82 valence electrons. The van der Waals surface area contributed by atoms with Crippen LogP contribution < -0.4 is 0 Å². The lowest BCUT2D eigenvalue weighted by Gasteiger charge is -2.00. The molecule has 0 N–H and O–H groups in total. The van der Waals surface area contributed by atoms with E-state index >= 15 is 0 Å². The number of thiophene rings is 1. The first-order valence-corrected chi connectivity index (χ1v) is 5.77. The molecular formula is C13H11FOS. The molecule has 3 heteroatoms. The quantitative estimate of drug-likeness (QED) is 0.716. The number of benzene rings is 1. The summed E-state index contributed by atoms with van der Waals surface area (Å²) in [6, 6.07) is 8.64. The van der Waals surface area contributed by atoms with Gasteiger partial charge in [0, 0.05) is 10.4 Å². The molecule has 0 atom stereocenters. The molecule has 2 rings (SSSR count). The summed E-state index contributed by atoms with van der Waals surface area (Å²) in [5.41, 5.74) is 1.45.